The molecule has 2 saturated heterocycles. The molecule has 14 unspecified atom stereocenters. The van der Waals surface area contributed by atoms with E-state index in [4.69, 9.17) is 24.7 Å². The molecule has 14 N–H and O–H groups in total. The van der Waals surface area contributed by atoms with E-state index < -0.39 is 160 Å². The molecular formula is C62H91N3O18. The topological polar surface area (TPSA) is 358 Å². The first-order chi connectivity index (χ1) is 39.4. The maximum atomic E-state index is 13.6. The number of ether oxygens (including phenoxy) is 4. The predicted octanol–water partition coefficient (Wildman–Crippen LogP) is 2.96. The van der Waals surface area contributed by atoms with Crippen LogP contribution in [0.15, 0.2) is 122 Å². The minimum absolute atomic E-state index is 0.0338. The van der Waals surface area contributed by atoms with Gasteiger partial charge < -0.3 is 86.4 Å². The second-order valence-corrected chi connectivity index (χ2v) is 22.1. The van der Waals surface area contributed by atoms with Crippen LogP contribution in [0.1, 0.15) is 108 Å². The normalized spacial score (nSPS) is 37.0. The lowest BCUT2D eigenvalue weighted by Gasteiger charge is -2.46. The summed E-state index contributed by atoms with van der Waals surface area (Å²) in [5.74, 6) is -6.54. The first kappa shape index (κ1) is 70.1. The number of nitrogens with one attached hydrogen (secondary N) is 2. The van der Waals surface area contributed by atoms with E-state index in [-0.39, 0.29) is 56.3 Å². The summed E-state index contributed by atoms with van der Waals surface area (Å²) in [7, 11) is 1.77. The molecule has 2 bridgehead atoms. The zero-order valence-corrected chi connectivity index (χ0v) is 48.1. The molecule has 19 atom stereocenters. The smallest absolute Gasteiger partial charge is 0.308 e. The summed E-state index contributed by atoms with van der Waals surface area (Å²) in [6.45, 7) is 8.91. The third-order valence-corrected chi connectivity index (χ3v) is 14.8. The number of anilines is 1. The van der Waals surface area contributed by atoms with Gasteiger partial charge in [0.1, 0.15) is 18.0 Å². The highest BCUT2D eigenvalue weighted by molar-refractivity contribution is 5.96. The number of rotatable bonds is 13. The number of ketones is 2. The second kappa shape index (κ2) is 35.8. The van der Waals surface area contributed by atoms with Gasteiger partial charge in [0, 0.05) is 69.3 Å². The molecule has 21 heteroatoms. The van der Waals surface area contributed by atoms with Crippen molar-refractivity contribution in [3.8, 4) is 0 Å². The maximum absolute atomic E-state index is 13.6. The van der Waals surface area contributed by atoms with Crippen molar-refractivity contribution in [1.29, 1.82) is 0 Å². The molecule has 4 rings (SSSR count). The van der Waals surface area contributed by atoms with Gasteiger partial charge in [0.05, 0.1) is 85.5 Å². The number of allylic oxidation sites excluding steroid dienone is 12. The van der Waals surface area contributed by atoms with E-state index in [1.165, 1.54) is 6.08 Å². The summed E-state index contributed by atoms with van der Waals surface area (Å²) in [5.41, 5.74) is 7.42. The maximum Gasteiger partial charge on any atom is 0.308 e. The number of amides is 1. The molecule has 462 valence electrons. The number of fused-ring (bicyclic) bond motifs is 2. The number of nitrogens with two attached hydrogens (primary N) is 1. The number of hydrogen-bond donors (Lipinski definition) is 13. The van der Waals surface area contributed by atoms with Crippen molar-refractivity contribution in [2.24, 2.45) is 23.5 Å². The highest BCUT2D eigenvalue weighted by atomic mass is 16.7. The summed E-state index contributed by atoms with van der Waals surface area (Å²) in [5, 5.41) is 116. The van der Waals surface area contributed by atoms with E-state index in [1.807, 2.05) is 19.9 Å². The summed E-state index contributed by atoms with van der Waals surface area (Å²) < 4.78 is 24.1. The minimum atomic E-state index is -2.28. The summed E-state index contributed by atoms with van der Waals surface area (Å²) >= 11 is 0. The van der Waals surface area contributed by atoms with E-state index in [1.54, 1.807) is 117 Å². The molecule has 0 aliphatic carbocycles. The van der Waals surface area contributed by atoms with Crippen LogP contribution in [0, 0.1) is 17.8 Å². The van der Waals surface area contributed by atoms with Gasteiger partial charge in [-0.25, -0.2) is 0 Å². The number of hydrogen-bond acceptors (Lipinski definition) is 20. The Morgan fingerprint density at radius 2 is 1.33 bits per heavy atom. The summed E-state index contributed by atoms with van der Waals surface area (Å²) in [4.78, 5) is 52.9. The zero-order valence-electron chi connectivity index (χ0n) is 48.1. The van der Waals surface area contributed by atoms with Crippen LogP contribution in [0.2, 0.25) is 0 Å². The molecule has 83 heavy (non-hydrogen) atoms. The molecule has 3 heterocycles. The van der Waals surface area contributed by atoms with E-state index in [9.17, 15) is 70.2 Å². The van der Waals surface area contributed by atoms with Crippen molar-refractivity contribution < 1.29 is 89.2 Å². The number of carbonyl (C=O) groups is 4. The van der Waals surface area contributed by atoms with Crippen molar-refractivity contribution in [2.45, 2.75) is 195 Å². The van der Waals surface area contributed by atoms with Gasteiger partial charge in [-0.05, 0) is 69.2 Å². The number of esters is 1. The Kier molecular flexibility index (Phi) is 30.3. The average Bonchev–Trinajstić information content (AvgIpc) is 3.54. The monoisotopic (exact) mass is 1170 g/mol. The first-order valence-corrected chi connectivity index (χ1v) is 28.6. The number of aliphatic hydroxyl groups is 10. The van der Waals surface area contributed by atoms with Crippen LogP contribution < -0.4 is 16.4 Å². The standard InChI is InChI=1S/C62H91N3O18/c1-6-27-65-60(78)55-52(74)37-62(79)36-49(72)32-47(70)30-45(68)28-44(67)29-46(69)31-48(71)34-54(75)82-59(39(3)21-26-43(66)33-51(73)41-22-24-42(64-5)25-23-41)38(2)19-17-15-13-11-9-7-8-10-12-14-16-18-20-50(35-53(55)83-62)81-61-58(77)56(63)57(76)40(4)80-61/h6-20,22-25,38-40,43-45,47-50,52-53,55-59,61,64,66-68,70-72,74,76-77,79H,1,21,26-37,63H2,2-5H3,(H,65,78)/b8-7-,11-9-,12-10+,15-13+,16-14+,19-17+,20-18+/t38?,39?,40-,43?,44?,45?,47?,48?,49?,50?,52?,53?,55?,56+,57-,58+,59?,61+,62?/m1/s1. The number of aliphatic hydroxyl groups excluding tert-OH is 9. The van der Waals surface area contributed by atoms with Crippen LogP contribution in [-0.4, -0.2) is 186 Å². The summed E-state index contributed by atoms with van der Waals surface area (Å²) in [6.07, 6.45) is 4.55. The fourth-order valence-electron chi connectivity index (χ4n) is 10.4. The molecule has 0 spiro atoms. The zero-order chi connectivity index (χ0) is 61.2. The van der Waals surface area contributed by atoms with Crippen LogP contribution >= 0.6 is 0 Å². The minimum Gasteiger partial charge on any atom is -0.461 e. The lowest BCUT2D eigenvalue weighted by atomic mass is 9.82. The average molecular weight is 1170 g/mol. The number of Topliss-reactive ketones (excluding diaryl/α,β-unsaturated/α-hetero) is 2. The Hall–Kier alpha value is -5.34. The molecule has 1 aromatic rings. The Balaban J connectivity index is 1.57. The van der Waals surface area contributed by atoms with Gasteiger partial charge in [-0.3, -0.25) is 19.2 Å². The molecule has 0 saturated carbocycles. The van der Waals surface area contributed by atoms with Crippen molar-refractivity contribution >= 4 is 29.1 Å². The molecule has 3 aliphatic rings. The SMILES string of the molecule is C=CCNC(=O)C1C(O)CC2(O)CC(O)CC(O)CC(O)CC(O)CC(=O)CC(O)CC(=O)OC(C(C)CCC(O)CC(=O)c3ccc(NC)cc3)C(C)/C=C/C=C/C=C\C=C/C=C/C=C/C=C/C(O[C@@H]3O[C@H](C)[C@@H](O)[C@H](N)[C@@H]3O)CC1O2. The van der Waals surface area contributed by atoms with Crippen LogP contribution in [-0.2, 0) is 33.3 Å². The Morgan fingerprint density at radius 3 is 1.93 bits per heavy atom. The van der Waals surface area contributed by atoms with Gasteiger partial charge in [0.25, 0.3) is 0 Å². The van der Waals surface area contributed by atoms with Gasteiger partial charge in [-0.15, -0.1) is 6.58 Å². The fraction of sp³-hybridized carbons (Fsp3) is 0.581. The molecule has 1 aromatic carbocycles. The molecule has 0 aromatic heterocycles. The quantitative estimate of drug-likeness (QED) is 0.0767. The predicted molar refractivity (Wildman–Crippen MR) is 311 cm³/mol. The number of cyclic esters (lactones) is 1. The van der Waals surface area contributed by atoms with E-state index in [2.05, 4.69) is 17.2 Å². The summed E-state index contributed by atoms with van der Waals surface area (Å²) in [6, 6.07) is 5.77. The van der Waals surface area contributed by atoms with Gasteiger partial charge in [-0.1, -0.05) is 105 Å². The molecule has 2 fully saturated rings. The van der Waals surface area contributed by atoms with Crippen molar-refractivity contribution in [3.63, 3.8) is 0 Å². The van der Waals surface area contributed by atoms with Crippen LogP contribution in [0.3, 0.4) is 0 Å². The van der Waals surface area contributed by atoms with Crippen LogP contribution in [0.5, 0.6) is 0 Å². The number of benzene rings is 1. The third-order valence-electron chi connectivity index (χ3n) is 14.8. The van der Waals surface area contributed by atoms with E-state index >= 15 is 0 Å². The van der Waals surface area contributed by atoms with Crippen molar-refractivity contribution in [3.05, 3.63) is 128 Å². The van der Waals surface area contributed by atoms with Gasteiger partial charge >= 0.3 is 5.97 Å². The molecular weight excluding hydrogens is 1070 g/mol. The molecule has 1 amide bonds. The lowest BCUT2D eigenvalue weighted by molar-refractivity contribution is -0.307. The first-order valence-electron chi connectivity index (χ1n) is 28.6. The number of carbonyl (C=O) groups excluding carboxylic acids is 4. The lowest BCUT2D eigenvalue weighted by Crippen LogP contribution is -2.62. The van der Waals surface area contributed by atoms with Crippen LogP contribution in [0.4, 0.5) is 5.69 Å². The van der Waals surface area contributed by atoms with Gasteiger partial charge in [0.15, 0.2) is 17.9 Å². The molecule has 0 radical (unpaired) electrons. The highest BCUT2D eigenvalue weighted by Crippen LogP contribution is 2.38. The molecule has 3 aliphatic heterocycles. The Morgan fingerprint density at radius 1 is 0.759 bits per heavy atom. The molecule has 21 nitrogen and oxygen atoms in total. The van der Waals surface area contributed by atoms with Crippen molar-refractivity contribution in [2.75, 3.05) is 18.9 Å². The largest absolute Gasteiger partial charge is 0.461 e. The van der Waals surface area contributed by atoms with E-state index in [0.29, 0.717) is 12.0 Å². The van der Waals surface area contributed by atoms with Gasteiger partial charge in [0.2, 0.25) is 5.91 Å². The van der Waals surface area contributed by atoms with Crippen molar-refractivity contribution in [1.82, 2.24) is 5.32 Å². The second-order valence-electron chi connectivity index (χ2n) is 22.1. The Bertz CT molecular complexity index is 2390. The van der Waals surface area contributed by atoms with E-state index in [0.717, 1.165) is 5.69 Å². The third kappa shape index (κ3) is 24.7. The Labute approximate surface area is 487 Å². The fourth-order valence-corrected chi connectivity index (χ4v) is 10.4. The van der Waals surface area contributed by atoms with Gasteiger partial charge in [-0.2, -0.15) is 0 Å². The highest BCUT2D eigenvalue weighted by Gasteiger charge is 2.51. The van der Waals surface area contributed by atoms with Crippen LogP contribution in [0.25, 0.3) is 0 Å².